The number of rotatable bonds is 4. The molecular weight excluding hydrogens is 434 g/mol. The summed E-state index contributed by atoms with van der Waals surface area (Å²) in [7, 11) is 0. The first-order valence-electron chi connectivity index (χ1n) is 11.4. The summed E-state index contributed by atoms with van der Waals surface area (Å²) in [6.07, 6.45) is 3.08. The molecule has 3 atom stereocenters. The second-order valence-corrected chi connectivity index (χ2v) is 10.1. The van der Waals surface area contributed by atoms with Crippen molar-refractivity contribution in [3.8, 4) is 0 Å². The number of ether oxygens (including phenoxy) is 1. The van der Waals surface area contributed by atoms with E-state index in [2.05, 4.69) is 10.3 Å². The molecular formula is C23H30F2N4O4. The third kappa shape index (κ3) is 4.94. The lowest BCUT2D eigenvalue weighted by molar-refractivity contribution is -0.142. The van der Waals surface area contributed by atoms with E-state index in [0.29, 0.717) is 12.8 Å². The molecule has 3 fully saturated rings. The molecule has 3 saturated heterocycles. The fourth-order valence-electron chi connectivity index (χ4n) is 5.13. The Kier molecular flexibility index (Phi) is 6.28. The van der Waals surface area contributed by atoms with Gasteiger partial charge in [0, 0.05) is 18.3 Å². The number of alkyl carbamates (subject to hydrolysis) is 1. The van der Waals surface area contributed by atoms with Crippen molar-refractivity contribution in [2.75, 3.05) is 13.1 Å². The van der Waals surface area contributed by atoms with Gasteiger partial charge in [-0.2, -0.15) is 0 Å². The van der Waals surface area contributed by atoms with Gasteiger partial charge in [0.25, 0.3) is 5.91 Å². The minimum absolute atomic E-state index is 0.0108. The number of alkyl halides is 1. The molecule has 2 bridgehead atoms. The first-order valence-corrected chi connectivity index (χ1v) is 11.4. The zero-order valence-electron chi connectivity index (χ0n) is 19.1. The van der Waals surface area contributed by atoms with Crippen molar-refractivity contribution < 1.29 is 27.9 Å². The maximum absolute atomic E-state index is 14.2. The van der Waals surface area contributed by atoms with Gasteiger partial charge in [0.05, 0.1) is 24.8 Å². The highest BCUT2D eigenvalue weighted by molar-refractivity contribution is 5.95. The third-order valence-electron chi connectivity index (χ3n) is 6.57. The van der Waals surface area contributed by atoms with Crippen molar-refractivity contribution >= 4 is 17.9 Å². The standard InChI is InChI=1S/C23H30F2N4O4/c1-23(2,3)33-22(32)27-19(21(31)28-11-14(24)12-28)13-8-15-4-5-16(9-13)29(15)20(30)17-6-7-26-10-18(17)25/h6-7,10,13-16,19H,4-5,8-9,11-12H2,1-3H3,(H,27,32)/t13?,15?,16?,19-/m0/s1. The van der Waals surface area contributed by atoms with E-state index < -0.39 is 29.7 Å². The lowest BCUT2D eigenvalue weighted by Crippen LogP contribution is -2.62. The predicted molar refractivity (Wildman–Crippen MR) is 115 cm³/mol. The van der Waals surface area contributed by atoms with Crippen LogP contribution in [0, 0.1) is 11.7 Å². The molecule has 0 saturated carbocycles. The molecule has 3 amide bonds. The number of carbonyl (C=O) groups excluding carboxylic acids is 3. The summed E-state index contributed by atoms with van der Waals surface area (Å²) in [5.74, 6) is -1.62. The van der Waals surface area contributed by atoms with Crippen LogP contribution < -0.4 is 5.32 Å². The third-order valence-corrected chi connectivity index (χ3v) is 6.57. The Labute approximate surface area is 191 Å². The minimum Gasteiger partial charge on any atom is -0.444 e. The van der Waals surface area contributed by atoms with Crippen LogP contribution in [0.5, 0.6) is 0 Å². The number of nitrogens with one attached hydrogen (secondary N) is 1. The SMILES string of the molecule is CC(C)(C)OC(=O)N[C@H](C(=O)N1CC(F)C1)C1CC2CCC(C1)N2C(=O)c1ccncc1F. The molecule has 4 heterocycles. The second kappa shape index (κ2) is 8.87. The van der Waals surface area contributed by atoms with Gasteiger partial charge in [-0.3, -0.25) is 14.6 Å². The molecule has 33 heavy (non-hydrogen) atoms. The fraction of sp³-hybridized carbons (Fsp3) is 0.652. The van der Waals surface area contributed by atoms with Crippen molar-refractivity contribution in [1.82, 2.24) is 20.1 Å². The highest BCUT2D eigenvalue weighted by Crippen LogP contribution is 2.41. The van der Waals surface area contributed by atoms with Crippen LogP contribution in [-0.4, -0.2) is 75.7 Å². The zero-order valence-corrected chi connectivity index (χ0v) is 19.1. The van der Waals surface area contributed by atoms with E-state index in [0.717, 1.165) is 19.0 Å². The summed E-state index contributed by atoms with van der Waals surface area (Å²) in [6.45, 7) is 5.22. The number of piperidine rings is 1. The maximum atomic E-state index is 14.2. The quantitative estimate of drug-likeness (QED) is 0.740. The van der Waals surface area contributed by atoms with E-state index >= 15 is 0 Å². The highest BCUT2D eigenvalue weighted by atomic mass is 19.1. The summed E-state index contributed by atoms with van der Waals surface area (Å²) < 4.78 is 32.9. The van der Waals surface area contributed by atoms with Gasteiger partial charge in [-0.1, -0.05) is 0 Å². The molecule has 1 aromatic heterocycles. The van der Waals surface area contributed by atoms with Crippen LogP contribution in [-0.2, 0) is 9.53 Å². The number of nitrogens with zero attached hydrogens (tertiary/aromatic N) is 3. The van der Waals surface area contributed by atoms with Crippen LogP contribution in [0.2, 0.25) is 0 Å². The van der Waals surface area contributed by atoms with Gasteiger partial charge in [0.1, 0.15) is 17.8 Å². The number of pyridine rings is 1. The lowest BCUT2D eigenvalue weighted by atomic mass is 9.83. The number of likely N-dealkylation sites (tertiary alicyclic amines) is 1. The smallest absolute Gasteiger partial charge is 0.408 e. The maximum Gasteiger partial charge on any atom is 0.408 e. The van der Waals surface area contributed by atoms with Crippen molar-refractivity contribution in [2.45, 2.75) is 76.4 Å². The number of aromatic nitrogens is 1. The molecule has 3 aliphatic rings. The van der Waals surface area contributed by atoms with Gasteiger partial charge < -0.3 is 19.9 Å². The van der Waals surface area contributed by atoms with Crippen LogP contribution >= 0.6 is 0 Å². The molecule has 8 nitrogen and oxygen atoms in total. The van der Waals surface area contributed by atoms with E-state index in [1.807, 2.05) is 0 Å². The highest BCUT2D eigenvalue weighted by Gasteiger charge is 2.49. The van der Waals surface area contributed by atoms with Crippen LogP contribution in [0.1, 0.15) is 56.8 Å². The molecule has 0 radical (unpaired) electrons. The summed E-state index contributed by atoms with van der Waals surface area (Å²) >= 11 is 0. The van der Waals surface area contributed by atoms with E-state index in [1.165, 1.54) is 17.2 Å². The Balaban J connectivity index is 1.51. The van der Waals surface area contributed by atoms with Crippen molar-refractivity contribution in [3.63, 3.8) is 0 Å². The Bertz CT molecular complexity index is 917. The first kappa shape index (κ1) is 23.4. The number of amides is 3. The van der Waals surface area contributed by atoms with Crippen LogP contribution in [0.25, 0.3) is 0 Å². The molecule has 10 heteroatoms. The summed E-state index contributed by atoms with van der Waals surface area (Å²) in [5, 5.41) is 2.71. The van der Waals surface area contributed by atoms with Gasteiger partial charge in [-0.05, 0) is 58.4 Å². The average Bonchev–Trinajstić information content (AvgIpc) is 2.97. The van der Waals surface area contributed by atoms with E-state index in [1.54, 1.807) is 25.7 Å². The summed E-state index contributed by atoms with van der Waals surface area (Å²) in [6, 6.07) is 0.159. The van der Waals surface area contributed by atoms with E-state index in [4.69, 9.17) is 4.74 Å². The molecule has 4 rings (SSSR count). The van der Waals surface area contributed by atoms with Crippen LogP contribution in [0.4, 0.5) is 13.6 Å². The summed E-state index contributed by atoms with van der Waals surface area (Å²) in [4.78, 5) is 45.5. The molecule has 1 aromatic rings. The average molecular weight is 465 g/mol. The lowest BCUT2D eigenvalue weighted by Gasteiger charge is -2.44. The number of fused-ring (bicyclic) bond motifs is 2. The monoisotopic (exact) mass is 464 g/mol. The number of hydrogen-bond acceptors (Lipinski definition) is 5. The van der Waals surface area contributed by atoms with Gasteiger partial charge in [0.2, 0.25) is 5.91 Å². The van der Waals surface area contributed by atoms with Gasteiger partial charge in [-0.15, -0.1) is 0 Å². The number of hydrogen-bond donors (Lipinski definition) is 1. The van der Waals surface area contributed by atoms with Crippen molar-refractivity contribution in [1.29, 1.82) is 0 Å². The Morgan fingerprint density at radius 3 is 2.36 bits per heavy atom. The molecule has 0 spiro atoms. The second-order valence-electron chi connectivity index (χ2n) is 10.1. The molecule has 0 aliphatic carbocycles. The molecule has 3 aliphatic heterocycles. The topological polar surface area (TPSA) is 91.8 Å². The van der Waals surface area contributed by atoms with E-state index in [-0.39, 0.29) is 48.5 Å². The molecule has 0 aromatic carbocycles. The zero-order chi connectivity index (χ0) is 23.9. The van der Waals surface area contributed by atoms with Gasteiger partial charge in [-0.25, -0.2) is 13.6 Å². The normalized spacial score (nSPS) is 25.9. The van der Waals surface area contributed by atoms with Crippen LogP contribution in [0.3, 0.4) is 0 Å². The molecule has 180 valence electrons. The molecule has 1 N–H and O–H groups in total. The van der Waals surface area contributed by atoms with Gasteiger partial charge >= 0.3 is 6.09 Å². The Morgan fingerprint density at radius 2 is 1.82 bits per heavy atom. The minimum atomic E-state index is -1.05. The first-order chi connectivity index (χ1) is 15.5. The summed E-state index contributed by atoms with van der Waals surface area (Å²) in [5.41, 5.74) is -0.753. The predicted octanol–water partition coefficient (Wildman–Crippen LogP) is 2.68. The Morgan fingerprint density at radius 1 is 1.18 bits per heavy atom. The van der Waals surface area contributed by atoms with Crippen molar-refractivity contribution in [3.05, 3.63) is 29.8 Å². The fourth-order valence-corrected chi connectivity index (χ4v) is 5.13. The number of halogens is 2. The largest absolute Gasteiger partial charge is 0.444 e. The molecule has 2 unspecified atom stereocenters. The Hall–Kier alpha value is -2.78. The number of carbonyl (C=O) groups is 3. The van der Waals surface area contributed by atoms with Gasteiger partial charge in [0.15, 0.2) is 5.82 Å². The van der Waals surface area contributed by atoms with Crippen LogP contribution in [0.15, 0.2) is 18.5 Å². The van der Waals surface area contributed by atoms with Crippen molar-refractivity contribution in [2.24, 2.45) is 5.92 Å². The van der Waals surface area contributed by atoms with E-state index in [9.17, 15) is 23.2 Å².